The van der Waals surface area contributed by atoms with E-state index < -0.39 is 0 Å². The molecule has 5 nitrogen and oxygen atoms in total. The number of hydrogen-bond acceptors (Lipinski definition) is 6. The second-order valence-corrected chi connectivity index (χ2v) is 4.46. The van der Waals surface area contributed by atoms with Crippen LogP contribution in [-0.2, 0) is 0 Å². The van der Waals surface area contributed by atoms with Crippen LogP contribution in [0.1, 0.15) is 0 Å². The van der Waals surface area contributed by atoms with Crippen molar-refractivity contribution in [1.29, 1.82) is 0 Å². The summed E-state index contributed by atoms with van der Waals surface area (Å²) in [5, 5.41) is 12.2. The number of nitrogens with zero attached hydrogens (tertiary/aromatic N) is 4. The van der Waals surface area contributed by atoms with Gasteiger partial charge in [-0.3, -0.25) is 5.10 Å². The number of thiazole rings is 2. The molecular weight excluding hydrogens is 230 g/mol. The van der Waals surface area contributed by atoms with Gasteiger partial charge in [-0.1, -0.05) is 0 Å². The molecule has 0 fully saturated rings. The molecule has 3 heterocycles. The molecule has 0 radical (unpaired) electrons. The van der Waals surface area contributed by atoms with Crippen molar-refractivity contribution in [2.45, 2.75) is 0 Å². The Hall–Kier alpha value is -1.60. The van der Waals surface area contributed by atoms with Gasteiger partial charge in [0.2, 0.25) is 0 Å². The lowest BCUT2D eigenvalue weighted by atomic mass is 10.5. The van der Waals surface area contributed by atoms with Crippen LogP contribution >= 0.6 is 22.7 Å². The highest BCUT2D eigenvalue weighted by atomic mass is 32.1. The van der Waals surface area contributed by atoms with E-state index in [1.54, 1.807) is 17.5 Å². The van der Waals surface area contributed by atoms with Crippen molar-refractivity contribution in [2.75, 3.05) is 0 Å². The fraction of sp³-hybridized carbons (Fsp3) is 0. The Labute approximate surface area is 92.9 Å². The Morgan fingerprint density at radius 1 is 1.13 bits per heavy atom. The van der Waals surface area contributed by atoms with Crippen molar-refractivity contribution in [2.24, 2.45) is 0 Å². The largest absolute Gasteiger partial charge is 0.257 e. The molecule has 0 aliphatic carbocycles. The molecule has 74 valence electrons. The normalized spacial score (nSPS) is 10.7. The van der Waals surface area contributed by atoms with Gasteiger partial charge < -0.3 is 0 Å². The van der Waals surface area contributed by atoms with Gasteiger partial charge in [-0.15, -0.1) is 22.7 Å². The first kappa shape index (κ1) is 8.69. The molecule has 3 rings (SSSR count). The smallest absolute Gasteiger partial charge is 0.184 e. The van der Waals surface area contributed by atoms with Crippen molar-refractivity contribution in [3.63, 3.8) is 0 Å². The summed E-state index contributed by atoms with van der Waals surface area (Å²) in [7, 11) is 0. The van der Waals surface area contributed by atoms with Crippen LogP contribution in [-0.4, -0.2) is 25.1 Å². The van der Waals surface area contributed by atoms with Gasteiger partial charge in [-0.25, -0.2) is 15.0 Å². The van der Waals surface area contributed by atoms with Crippen LogP contribution in [0.5, 0.6) is 0 Å². The minimum atomic E-state index is 0.697. The van der Waals surface area contributed by atoms with Gasteiger partial charge in [0.1, 0.15) is 17.0 Å². The topological polar surface area (TPSA) is 67.3 Å². The van der Waals surface area contributed by atoms with Gasteiger partial charge in [-0.05, 0) is 0 Å². The minimum Gasteiger partial charge on any atom is -0.257 e. The van der Waals surface area contributed by atoms with Crippen molar-refractivity contribution >= 4 is 22.7 Å². The van der Waals surface area contributed by atoms with Crippen LogP contribution in [0.15, 0.2) is 23.3 Å². The number of aromatic nitrogens is 5. The lowest BCUT2D eigenvalue weighted by molar-refractivity contribution is 1.09. The third-order valence-corrected chi connectivity index (χ3v) is 3.42. The predicted octanol–water partition coefficient (Wildman–Crippen LogP) is 2.05. The fourth-order valence-electron chi connectivity index (χ4n) is 1.14. The van der Waals surface area contributed by atoms with Crippen LogP contribution in [0, 0.1) is 0 Å². The molecular formula is C8H5N5S2. The lowest BCUT2D eigenvalue weighted by Gasteiger charge is -1.86. The predicted molar refractivity (Wildman–Crippen MR) is 58.6 cm³/mol. The highest BCUT2D eigenvalue weighted by Gasteiger charge is 2.09. The Kier molecular flexibility index (Phi) is 2.04. The summed E-state index contributed by atoms with van der Waals surface area (Å²) in [4.78, 5) is 12.7. The average molecular weight is 235 g/mol. The number of hydrogen-bond donors (Lipinski definition) is 1. The highest BCUT2D eigenvalue weighted by molar-refractivity contribution is 7.15. The quantitative estimate of drug-likeness (QED) is 0.738. The van der Waals surface area contributed by atoms with Crippen LogP contribution in [0.2, 0.25) is 0 Å². The van der Waals surface area contributed by atoms with E-state index in [0.717, 1.165) is 15.7 Å². The molecule has 0 unspecified atom stereocenters. The monoisotopic (exact) mass is 235 g/mol. The summed E-state index contributed by atoms with van der Waals surface area (Å²) in [5.74, 6) is 0.697. The van der Waals surface area contributed by atoms with Gasteiger partial charge >= 0.3 is 0 Å². The summed E-state index contributed by atoms with van der Waals surface area (Å²) in [6, 6.07) is 0. The van der Waals surface area contributed by atoms with Gasteiger partial charge in [0.05, 0.1) is 0 Å². The minimum absolute atomic E-state index is 0.697. The molecule has 1 N–H and O–H groups in total. The first-order valence-corrected chi connectivity index (χ1v) is 5.90. The molecule has 0 saturated carbocycles. The number of nitrogens with one attached hydrogen (secondary N) is 1. The first-order valence-electron chi connectivity index (χ1n) is 4.14. The Morgan fingerprint density at radius 2 is 2.13 bits per heavy atom. The maximum Gasteiger partial charge on any atom is 0.184 e. The SMILES string of the molecule is c1n[nH]c(-c2nc(-c3nccs3)cs2)n1. The fourth-order valence-corrected chi connectivity index (χ4v) is 2.56. The van der Waals surface area contributed by atoms with Gasteiger partial charge in [0, 0.05) is 17.0 Å². The third-order valence-electron chi connectivity index (χ3n) is 1.77. The summed E-state index contributed by atoms with van der Waals surface area (Å²) in [5.41, 5.74) is 0.890. The van der Waals surface area contributed by atoms with Crippen LogP contribution in [0.3, 0.4) is 0 Å². The van der Waals surface area contributed by atoms with E-state index in [-0.39, 0.29) is 0 Å². The van der Waals surface area contributed by atoms with E-state index in [1.807, 2.05) is 10.8 Å². The van der Waals surface area contributed by atoms with Crippen molar-refractivity contribution < 1.29 is 0 Å². The van der Waals surface area contributed by atoms with E-state index in [1.165, 1.54) is 17.7 Å². The van der Waals surface area contributed by atoms with E-state index in [4.69, 9.17) is 0 Å². The zero-order valence-corrected chi connectivity index (χ0v) is 9.05. The molecule has 0 amide bonds. The summed E-state index contributed by atoms with van der Waals surface area (Å²) < 4.78 is 0. The third kappa shape index (κ3) is 1.55. The molecule has 0 spiro atoms. The highest BCUT2D eigenvalue weighted by Crippen LogP contribution is 2.27. The van der Waals surface area contributed by atoms with Crippen LogP contribution in [0.25, 0.3) is 21.5 Å². The average Bonchev–Trinajstić information content (AvgIpc) is 3.02. The molecule has 3 aromatic rings. The van der Waals surface area contributed by atoms with Crippen molar-refractivity contribution in [1.82, 2.24) is 25.1 Å². The molecule has 0 bridgehead atoms. The molecule has 0 atom stereocenters. The number of H-pyrrole nitrogens is 1. The summed E-state index contributed by atoms with van der Waals surface area (Å²) >= 11 is 3.10. The molecule has 0 aliphatic heterocycles. The van der Waals surface area contributed by atoms with Crippen LogP contribution < -0.4 is 0 Å². The number of aromatic amines is 1. The summed E-state index contributed by atoms with van der Waals surface area (Å²) in [6.07, 6.45) is 3.24. The van der Waals surface area contributed by atoms with Gasteiger partial charge in [0.25, 0.3) is 0 Å². The van der Waals surface area contributed by atoms with E-state index >= 15 is 0 Å². The van der Waals surface area contributed by atoms with Crippen LogP contribution in [0.4, 0.5) is 0 Å². The Balaban J connectivity index is 2.02. The van der Waals surface area contributed by atoms with Crippen molar-refractivity contribution in [3.05, 3.63) is 23.3 Å². The van der Waals surface area contributed by atoms with E-state index in [0.29, 0.717) is 5.82 Å². The molecule has 0 aliphatic rings. The summed E-state index contributed by atoms with van der Waals surface area (Å²) in [6.45, 7) is 0. The maximum atomic E-state index is 4.43. The standard InChI is InChI=1S/C8H5N5S2/c1-2-14-7(9-1)5-3-15-8(12-5)6-10-4-11-13-6/h1-4H,(H,10,11,13). The van der Waals surface area contributed by atoms with Gasteiger partial charge in [-0.2, -0.15) is 5.10 Å². The van der Waals surface area contributed by atoms with E-state index in [9.17, 15) is 0 Å². The zero-order chi connectivity index (χ0) is 10.1. The maximum absolute atomic E-state index is 4.43. The molecule has 0 saturated heterocycles. The zero-order valence-electron chi connectivity index (χ0n) is 7.41. The van der Waals surface area contributed by atoms with Crippen molar-refractivity contribution in [3.8, 4) is 21.5 Å². The first-order chi connectivity index (χ1) is 7.43. The lowest BCUT2D eigenvalue weighted by Crippen LogP contribution is -1.80. The second-order valence-electron chi connectivity index (χ2n) is 2.71. The molecule has 3 aromatic heterocycles. The Bertz CT molecular complexity index is 491. The van der Waals surface area contributed by atoms with Gasteiger partial charge in [0.15, 0.2) is 10.8 Å². The molecule has 7 heteroatoms. The number of rotatable bonds is 2. The molecule has 0 aromatic carbocycles. The Morgan fingerprint density at radius 3 is 2.87 bits per heavy atom. The molecule has 15 heavy (non-hydrogen) atoms. The van der Waals surface area contributed by atoms with E-state index in [2.05, 4.69) is 25.1 Å². The second kappa shape index (κ2) is 3.52.